The van der Waals surface area contributed by atoms with E-state index in [1.165, 1.54) is 13.8 Å². The first-order valence-corrected chi connectivity index (χ1v) is 7.37. The second-order valence-electron chi connectivity index (χ2n) is 6.22. The third kappa shape index (κ3) is 2.93. The van der Waals surface area contributed by atoms with Gasteiger partial charge in [-0.3, -0.25) is 4.79 Å². The van der Waals surface area contributed by atoms with Crippen molar-refractivity contribution in [3.8, 4) is 0 Å². The molecule has 0 saturated heterocycles. The van der Waals surface area contributed by atoms with Crippen LogP contribution < -0.4 is 0 Å². The smallest absolute Gasteiger partial charge is 0.362 e. The van der Waals surface area contributed by atoms with Crippen LogP contribution in [0.2, 0.25) is 0 Å². The Morgan fingerprint density at radius 2 is 1.90 bits per heavy atom. The summed E-state index contributed by atoms with van der Waals surface area (Å²) in [4.78, 5) is 12.0. The van der Waals surface area contributed by atoms with Crippen LogP contribution in [0, 0.1) is 11.8 Å². The average molecular weight is 306 g/mol. The number of hydrogen-bond donors (Lipinski definition) is 1. The van der Waals surface area contributed by atoms with Gasteiger partial charge in [0.05, 0.1) is 0 Å². The lowest BCUT2D eigenvalue weighted by Gasteiger charge is -2.33. The zero-order valence-electron chi connectivity index (χ0n) is 12.3. The molecule has 0 radical (unpaired) electrons. The van der Waals surface area contributed by atoms with E-state index in [0.717, 1.165) is 32.1 Å². The molecule has 120 valence electrons. The van der Waals surface area contributed by atoms with Crippen molar-refractivity contribution in [1.82, 2.24) is 5.01 Å². The van der Waals surface area contributed by atoms with Gasteiger partial charge in [0.15, 0.2) is 0 Å². The second-order valence-corrected chi connectivity index (χ2v) is 6.22. The minimum absolute atomic E-state index is 0.0578. The van der Waals surface area contributed by atoms with Crippen molar-refractivity contribution in [2.45, 2.75) is 64.3 Å². The largest absolute Gasteiger partial charge is 0.438 e. The van der Waals surface area contributed by atoms with Crippen molar-refractivity contribution in [3.63, 3.8) is 0 Å². The van der Waals surface area contributed by atoms with E-state index in [1.807, 2.05) is 0 Å². The van der Waals surface area contributed by atoms with E-state index in [4.69, 9.17) is 0 Å². The number of aliphatic hydroxyl groups is 1. The number of rotatable bonds is 2. The molecule has 1 atom stereocenters. The van der Waals surface area contributed by atoms with Crippen molar-refractivity contribution < 1.29 is 23.1 Å². The molecular formula is C14H21F3N2O2. The predicted molar refractivity (Wildman–Crippen MR) is 71.3 cm³/mol. The first-order chi connectivity index (χ1) is 9.67. The highest BCUT2D eigenvalue weighted by atomic mass is 19.4. The summed E-state index contributed by atoms with van der Waals surface area (Å²) in [6.07, 6.45) is -1.02. The van der Waals surface area contributed by atoms with Crippen LogP contribution in [0.5, 0.6) is 0 Å². The number of carbonyl (C=O) groups is 1. The SMILES string of the molecule is CC(C)C(=O)N1N=C(C2CCCCC2)C[C@]1(O)C(F)(F)F. The molecule has 1 saturated carbocycles. The van der Waals surface area contributed by atoms with Crippen LogP contribution >= 0.6 is 0 Å². The number of hydrogen-bond acceptors (Lipinski definition) is 3. The lowest BCUT2D eigenvalue weighted by atomic mass is 9.83. The van der Waals surface area contributed by atoms with Crippen molar-refractivity contribution in [2.24, 2.45) is 16.9 Å². The lowest BCUT2D eigenvalue weighted by molar-refractivity contribution is -0.303. The number of halogens is 3. The molecule has 4 nitrogen and oxygen atoms in total. The summed E-state index contributed by atoms with van der Waals surface area (Å²) < 4.78 is 39.7. The monoisotopic (exact) mass is 306 g/mol. The summed E-state index contributed by atoms with van der Waals surface area (Å²) in [6, 6.07) is 0. The standard InChI is InChI=1S/C14H21F3N2O2/c1-9(2)12(20)19-13(21,14(15,16)17)8-11(18-19)10-6-4-3-5-7-10/h9-10,21H,3-8H2,1-2H3/t13-/m0/s1. The Morgan fingerprint density at radius 1 is 1.33 bits per heavy atom. The van der Waals surface area contributed by atoms with Gasteiger partial charge in [-0.1, -0.05) is 33.1 Å². The highest BCUT2D eigenvalue weighted by Gasteiger charge is 2.63. The zero-order chi connectivity index (χ0) is 15.8. The summed E-state index contributed by atoms with van der Waals surface area (Å²) in [6.45, 7) is 2.99. The second kappa shape index (κ2) is 5.59. The van der Waals surface area contributed by atoms with Gasteiger partial charge in [0.25, 0.3) is 5.72 Å². The topological polar surface area (TPSA) is 52.9 Å². The van der Waals surface area contributed by atoms with Crippen LogP contribution in [0.25, 0.3) is 0 Å². The summed E-state index contributed by atoms with van der Waals surface area (Å²) in [7, 11) is 0. The maximum Gasteiger partial charge on any atom is 0.438 e. The van der Waals surface area contributed by atoms with Crippen molar-refractivity contribution in [1.29, 1.82) is 0 Å². The van der Waals surface area contributed by atoms with Gasteiger partial charge in [0.2, 0.25) is 5.91 Å². The van der Waals surface area contributed by atoms with Crippen molar-refractivity contribution >= 4 is 11.6 Å². The molecule has 0 aromatic heterocycles. The van der Waals surface area contributed by atoms with Gasteiger partial charge in [0.1, 0.15) is 0 Å². The van der Waals surface area contributed by atoms with Gasteiger partial charge >= 0.3 is 6.18 Å². The fraction of sp³-hybridized carbons (Fsp3) is 0.857. The van der Waals surface area contributed by atoms with Gasteiger partial charge in [-0.05, 0) is 18.8 Å². The predicted octanol–water partition coefficient (Wildman–Crippen LogP) is 3.06. The Balaban J connectivity index is 2.30. The molecule has 1 heterocycles. The highest BCUT2D eigenvalue weighted by molar-refractivity contribution is 5.92. The zero-order valence-corrected chi connectivity index (χ0v) is 12.3. The Labute approximate surface area is 122 Å². The van der Waals surface area contributed by atoms with Gasteiger partial charge < -0.3 is 5.11 Å². The van der Waals surface area contributed by atoms with E-state index in [0.29, 0.717) is 5.71 Å². The van der Waals surface area contributed by atoms with Gasteiger partial charge in [0, 0.05) is 18.1 Å². The first kappa shape index (κ1) is 16.3. The van der Waals surface area contributed by atoms with E-state index < -0.39 is 30.1 Å². The van der Waals surface area contributed by atoms with Crippen molar-refractivity contribution in [2.75, 3.05) is 0 Å². The summed E-state index contributed by atoms with van der Waals surface area (Å²) in [5, 5.41) is 14.2. The molecule has 1 aliphatic heterocycles. The molecule has 0 spiro atoms. The van der Waals surface area contributed by atoms with E-state index >= 15 is 0 Å². The molecule has 0 aromatic carbocycles. The fourth-order valence-corrected chi connectivity index (χ4v) is 2.93. The van der Waals surface area contributed by atoms with E-state index in [1.54, 1.807) is 0 Å². The van der Waals surface area contributed by atoms with E-state index in [2.05, 4.69) is 5.10 Å². The minimum atomic E-state index is -4.92. The number of nitrogens with zero attached hydrogens (tertiary/aromatic N) is 2. The molecule has 0 unspecified atom stereocenters. The Morgan fingerprint density at radius 3 is 2.38 bits per heavy atom. The summed E-state index contributed by atoms with van der Waals surface area (Å²) in [5.74, 6) is -1.52. The molecule has 7 heteroatoms. The molecule has 0 bridgehead atoms. The van der Waals surface area contributed by atoms with Gasteiger partial charge in [-0.15, -0.1) is 0 Å². The number of alkyl halides is 3. The third-order valence-electron chi connectivity index (χ3n) is 4.24. The molecule has 2 rings (SSSR count). The van der Waals surface area contributed by atoms with Crippen LogP contribution in [0.15, 0.2) is 5.10 Å². The molecule has 2 aliphatic rings. The Hall–Kier alpha value is -1.11. The minimum Gasteiger partial charge on any atom is -0.362 e. The number of amides is 1. The van der Waals surface area contributed by atoms with Crippen LogP contribution in [-0.4, -0.2) is 33.6 Å². The van der Waals surface area contributed by atoms with Gasteiger partial charge in [-0.25, -0.2) is 0 Å². The maximum atomic E-state index is 13.2. The van der Waals surface area contributed by atoms with E-state index in [-0.39, 0.29) is 10.9 Å². The lowest BCUT2D eigenvalue weighted by Crippen LogP contribution is -2.57. The molecule has 0 aromatic rings. The molecule has 1 aliphatic carbocycles. The van der Waals surface area contributed by atoms with Gasteiger partial charge in [-0.2, -0.15) is 23.3 Å². The maximum absolute atomic E-state index is 13.2. The highest BCUT2D eigenvalue weighted by Crippen LogP contribution is 2.43. The molecule has 1 amide bonds. The fourth-order valence-electron chi connectivity index (χ4n) is 2.93. The van der Waals surface area contributed by atoms with Crippen LogP contribution in [0.4, 0.5) is 13.2 Å². The Kier molecular flexibility index (Phi) is 4.33. The molecular weight excluding hydrogens is 285 g/mol. The number of hydrazone groups is 1. The van der Waals surface area contributed by atoms with Crippen molar-refractivity contribution in [3.05, 3.63) is 0 Å². The summed E-state index contributed by atoms with van der Waals surface area (Å²) in [5.41, 5.74) is -2.88. The quantitative estimate of drug-likeness (QED) is 0.852. The van der Waals surface area contributed by atoms with Crippen LogP contribution in [-0.2, 0) is 4.79 Å². The van der Waals surface area contributed by atoms with Crippen LogP contribution in [0.1, 0.15) is 52.4 Å². The van der Waals surface area contributed by atoms with E-state index in [9.17, 15) is 23.1 Å². The normalized spacial score (nSPS) is 28.1. The third-order valence-corrected chi connectivity index (χ3v) is 4.24. The molecule has 21 heavy (non-hydrogen) atoms. The summed E-state index contributed by atoms with van der Waals surface area (Å²) >= 11 is 0. The molecule has 1 fully saturated rings. The Bertz CT molecular complexity index is 442. The number of carbonyl (C=O) groups excluding carboxylic acids is 1. The first-order valence-electron chi connectivity index (χ1n) is 7.37. The molecule has 1 N–H and O–H groups in total. The van der Waals surface area contributed by atoms with Crippen LogP contribution in [0.3, 0.4) is 0 Å². The average Bonchev–Trinajstić information content (AvgIpc) is 2.78.